The Labute approximate surface area is 126 Å². The Hall–Kier alpha value is -0.0800. The summed E-state index contributed by atoms with van der Waals surface area (Å²) in [6.45, 7) is 12.3. The highest BCUT2D eigenvalue weighted by atomic mass is 15.2. The molecular formula is C18H36N2. The summed E-state index contributed by atoms with van der Waals surface area (Å²) in [6.07, 6.45) is 11.3. The van der Waals surface area contributed by atoms with Gasteiger partial charge in [-0.2, -0.15) is 0 Å². The normalized spacial score (nSPS) is 23.9. The molecule has 0 aromatic heterocycles. The molecule has 1 N–H and O–H groups in total. The molecule has 0 spiro atoms. The van der Waals surface area contributed by atoms with E-state index in [0.717, 1.165) is 12.0 Å². The van der Waals surface area contributed by atoms with E-state index in [-0.39, 0.29) is 0 Å². The minimum atomic E-state index is 0.602. The van der Waals surface area contributed by atoms with Gasteiger partial charge in [0, 0.05) is 12.6 Å². The lowest BCUT2D eigenvalue weighted by atomic mass is 9.76. The molecule has 0 unspecified atom stereocenters. The fourth-order valence-corrected chi connectivity index (χ4v) is 4.10. The first kappa shape index (κ1) is 16.3. The van der Waals surface area contributed by atoms with Crippen LogP contribution >= 0.6 is 0 Å². The second-order valence-corrected chi connectivity index (χ2v) is 7.69. The predicted octanol–water partition coefficient (Wildman–Crippen LogP) is 4.06. The Morgan fingerprint density at radius 2 is 1.80 bits per heavy atom. The molecule has 118 valence electrons. The summed E-state index contributed by atoms with van der Waals surface area (Å²) in [4.78, 5) is 2.89. The highest BCUT2D eigenvalue weighted by molar-refractivity contribution is 4.89. The van der Waals surface area contributed by atoms with Gasteiger partial charge in [0.15, 0.2) is 0 Å². The van der Waals surface area contributed by atoms with E-state index >= 15 is 0 Å². The van der Waals surface area contributed by atoms with Crippen LogP contribution in [0.2, 0.25) is 0 Å². The number of nitrogens with zero attached hydrogens (tertiary/aromatic N) is 1. The van der Waals surface area contributed by atoms with Crippen molar-refractivity contribution in [1.29, 1.82) is 0 Å². The molecule has 0 aromatic rings. The molecule has 2 nitrogen and oxygen atoms in total. The molecule has 1 heterocycles. The molecule has 0 aromatic carbocycles. The van der Waals surface area contributed by atoms with Crippen molar-refractivity contribution in [2.24, 2.45) is 11.3 Å². The molecule has 2 heteroatoms. The van der Waals surface area contributed by atoms with Crippen LogP contribution in [0.3, 0.4) is 0 Å². The van der Waals surface area contributed by atoms with Crippen molar-refractivity contribution < 1.29 is 0 Å². The third kappa shape index (κ3) is 4.46. The second kappa shape index (κ2) is 7.79. The fraction of sp³-hybridized carbons (Fsp3) is 1.00. The lowest BCUT2D eigenvalue weighted by molar-refractivity contribution is 0.0747. The number of rotatable bonds is 7. The monoisotopic (exact) mass is 280 g/mol. The molecule has 20 heavy (non-hydrogen) atoms. The van der Waals surface area contributed by atoms with Gasteiger partial charge in [0.2, 0.25) is 0 Å². The molecule has 1 saturated heterocycles. The van der Waals surface area contributed by atoms with Gasteiger partial charge in [-0.05, 0) is 69.5 Å². The Bertz CT molecular complexity index is 263. The van der Waals surface area contributed by atoms with Crippen LogP contribution in [0.15, 0.2) is 0 Å². The molecule has 2 rings (SSSR count). The third-order valence-corrected chi connectivity index (χ3v) is 5.79. The van der Waals surface area contributed by atoms with Gasteiger partial charge in [-0.15, -0.1) is 0 Å². The first-order valence-corrected chi connectivity index (χ1v) is 9.10. The van der Waals surface area contributed by atoms with E-state index in [9.17, 15) is 0 Å². The molecular weight excluding hydrogens is 244 g/mol. The average molecular weight is 280 g/mol. The molecule has 0 radical (unpaired) electrons. The van der Waals surface area contributed by atoms with Crippen LogP contribution in [0.1, 0.15) is 72.1 Å². The Balaban J connectivity index is 1.96. The van der Waals surface area contributed by atoms with E-state index in [1.54, 1.807) is 0 Å². The summed E-state index contributed by atoms with van der Waals surface area (Å²) in [5.41, 5.74) is 0.602. The van der Waals surface area contributed by atoms with Crippen LogP contribution in [0.25, 0.3) is 0 Å². The zero-order valence-electron chi connectivity index (χ0n) is 14.1. The summed E-state index contributed by atoms with van der Waals surface area (Å²) in [5.74, 6) is 0.838. The van der Waals surface area contributed by atoms with Crippen LogP contribution in [-0.2, 0) is 0 Å². The van der Waals surface area contributed by atoms with Crippen molar-refractivity contribution in [2.45, 2.75) is 78.2 Å². The first-order chi connectivity index (χ1) is 9.65. The summed E-state index contributed by atoms with van der Waals surface area (Å²) in [6, 6.07) is 0.895. The zero-order valence-corrected chi connectivity index (χ0v) is 14.1. The van der Waals surface area contributed by atoms with Crippen LogP contribution in [0.5, 0.6) is 0 Å². The molecule has 2 fully saturated rings. The molecule has 0 bridgehead atoms. The van der Waals surface area contributed by atoms with Gasteiger partial charge in [-0.1, -0.05) is 33.6 Å². The Kier molecular flexibility index (Phi) is 6.35. The van der Waals surface area contributed by atoms with E-state index in [1.807, 2.05) is 0 Å². The van der Waals surface area contributed by atoms with Gasteiger partial charge >= 0.3 is 0 Å². The first-order valence-electron chi connectivity index (χ1n) is 9.10. The van der Waals surface area contributed by atoms with Crippen molar-refractivity contribution in [3.8, 4) is 0 Å². The maximum absolute atomic E-state index is 3.55. The van der Waals surface area contributed by atoms with Crippen molar-refractivity contribution in [3.63, 3.8) is 0 Å². The summed E-state index contributed by atoms with van der Waals surface area (Å²) in [7, 11) is 0. The lowest BCUT2D eigenvalue weighted by Crippen LogP contribution is -2.47. The maximum Gasteiger partial charge on any atom is 0.00954 e. The number of nitrogens with one attached hydrogen (secondary N) is 1. The van der Waals surface area contributed by atoms with Gasteiger partial charge in [0.05, 0.1) is 0 Å². The Morgan fingerprint density at radius 3 is 2.35 bits per heavy atom. The lowest BCUT2D eigenvalue weighted by Gasteiger charge is -2.43. The van der Waals surface area contributed by atoms with Gasteiger partial charge in [0.1, 0.15) is 0 Å². The van der Waals surface area contributed by atoms with Crippen molar-refractivity contribution >= 4 is 0 Å². The second-order valence-electron chi connectivity index (χ2n) is 7.69. The topological polar surface area (TPSA) is 15.3 Å². The predicted molar refractivity (Wildman–Crippen MR) is 88.1 cm³/mol. The number of piperidine rings is 1. The smallest absolute Gasteiger partial charge is 0.00954 e. The highest BCUT2D eigenvalue weighted by Gasteiger charge is 2.34. The molecule has 0 amide bonds. The third-order valence-electron chi connectivity index (χ3n) is 5.79. The van der Waals surface area contributed by atoms with Crippen LogP contribution in [0, 0.1) is 11.3 Å². The van der Waals surface area contributed by atoms with E-state index in [2.05, 4.69) is 31.0 Å². The van der Waals surface area contributed by atoms with Crippen molar-refractivity contribution in [2.75, 3.05) is 26.2 Å². The molecule has 1 aliphatic carbocycles. The van der Waals surface area contributed by atoms with E-state index < -0.39 is 0 Å². The molecule has 2 aliphatic rings. The standard InChI is InChI=1S/C18H36N2/c1-4-18(10-12-19-13-11-18)15-20(14-9-16(2)3)17-7-5-6-8-17/h16-17,19H,4-15H2,1-3H3. The van der Waals surface area contributed by atoms with Crippen LogP contribution in [0.4, 0.5) is 0 Å². The highest BCUT2D eigenvalue weighted by Crippen LogP contribution is 2.36. The average Bonchev–Trinajstić information content (AvgIpc) is 2.98. The van der Waals surface area contributed by atoms with Gasteiger partial charge in [-0.3, -0.25) is 4.90 Å². The van der Waals surface area contributed by atoms with E-state index in [4.69, 9.17) is 0 Å². The summed E-state index contributed by atoms with van der Waals surface area (Å²) in [5, 5.41) is 3.55. The van der Waals surface area contributed by atoms with Crippen LogP contribution < -0.4 is 5.32 Å². The summed E-state index contributed by atoms with van der Waals surface area (Å²) < 4.78 is 0. The minimum absolute atomic E-state index is 0.602. The molecule has 0 atom stereocenters. The quantitative estimate of drug-likeness (QED) is 0.756. The van der Waals surface area contributed by atoms with Crippen LogP contribution in [-0.4, -0.2) is 37.1 Å². The fourth-order valence-electron chi connectivity index (χ4n) is 4.10. The Morgan fingerprint density at radius 1 is 1.15 bits per heavy atom. The SMILES string of the molecule is CCC1(CN(CCC(C)C)C2CCCC2)CCNCC1. The van der Waals surface area contributed by atoms with Crippen molar-refractivity contribution in [3.05, 3.63) is 0 Å². The minimum Gasteiger partial charge on any atom is -0.317 e. The largest absolute Gasteiger partial charge is 0.317 e. The van der Waals surface area contributed by atoms with Gasteiger partial charge in [0.25, 0.3) is 0 Å². The van der Waals surface area contributed by atoms with Crippen molar-refractivity contribution in [1.82, 2.24) is 10.2 Å². The summed E-state index contributed by atoms with van der Waals surface area (Å²) >= 11 is 0. The number of hydrogen-bond donors (Lipinski definition) is 1. The van der Waals surface area contributed by atoms with Gasteiger partial charge < -0.3 is 5.32 Å². The maximum atomic E-state index is 3.55. The zero-order chi connectivity index (χ0) is 14.4. The van der Waals surface area contributed by atoms with Gasteiger partial charge in [-0.25, -0.2) is 0 Å². The number of hydrogen-bond acceptors (Lipinski definition) is 2. The van der Waals surface area contributed by atoms with E-state index in [1.165, 1.54) is 77.5 Å². The van der Waals surface area contributed by atoms with E-state index in [0.29, 0.717) is 5.41 Å². The molecule has 1 aliphatic heterocycles. The molecule has 1 saturated carbocycles.